The summed E-state index contributed by atoms with van der Waals surface area (Å²) in [4.78, 5) is 2.38. The highest BCUT2D eigenvalue weighted by molar-refractivity contribution is 6.09. The van der Waals surface area contributed by atoms with Gasteiger partial charge >= 0.3 is 0 Å². The van der Waals surface area contributed by atoms with Crippen LogP contribution >= 0.6 is 0 Å². The molecule has 2 aromatic heterocycles. The number of benzene rings is 1. The monoisotopic (exact) mass is 310 g/mol. The lowest BCUT2D eigenvalue weighted by Crippen LogP contribution is -2.40. The number of hydrogen-bond donors (Lipinski definition) is 2. The fourth-order valence-corrected chi connectivity index (χ4v) is 4.04. The van der Waals surface area contributed by atoms with Gasteiger partial charge in [-0.25, -0.2) is 0 Å². The summed E-state index contributed by atoms with van der Waals surface area (Å²) in [5, 5.41) is 17.0. The van der Waals surface area contributed by atoms with Crippen LogP contribution in [0.1, 0.15) is 12.8 Å². The molecule has 4 heterocycles. The zero-order valence-electron chi connectivity index (χ0n) is 12.7. The third-order valence-corrected chi connectivity index (χ3v) is 5.12. The smallest absolute Gasteiger partial charge is 0.250 e. The van der Waals surface area contributed by atoms with Crippen molar-refractivity contribution in [2.24, 2.45) is 5.92 Å². The second-order valence-electron chi connectivity index (χ2n) is 6.54. The minimum atomic E-state index is 0.511. The van der Waals surface area contributed by atoms with Gasteiger partial charge in [0.25, 0.3) is 0 Å². The molecule has 3 aromatic rings. The Balaban J connectivity index is 1.66. The fourth-order valence-electron chi connectivity index (χ4n) is 4.04. The SMILES string of the molecule is Nc1cc(N2CC3CCCNC3C2)c2oc3nnncc3c2c1. The summed E-state index contributed by atoms with van der Waals surface area (Å²) >= 11 is 0. The number of anilines is 2. The second-order valence-corrected chi connectivity index (χ2v) is 6.54. The molecule has 3 N–H and O–H groups in total. The molecular weight excluding hydrogens is 292 g/mol. The van der Waals surface area contributed by atoms with Gasteiger partial charge in [-0.15, -0.1) is 5.10 Å². The first kappa shape index (κ1) is 13.1. The molecule has 7 nitrogen and oxygen atoms in total. The molecule has 0 saturated carbocycles. The first-order valence-corrected chi connectivity index (χ1v) is 8.08. The summed E-state index contributed by atoms with van der Waals surface area (Å²) < 4.78 is 5.97. The number of hydrogen-bond acceptors (Lipinski definition) is 7. The van der Waals surface area contributed by atoms with Crippen molar-refractivity contribution in [3.63, 3.8) is 0 Å². The van der Waals surface area contributed by atoms with E-state index in [1.807, 2.05) is 12.1 Å². The van der Waals surface area contributed by atoms with Crippen LogP contribution in [0.2, 0.25) is 0 Å². The number of furan rings is 1. The number of nitrogen functional groups attached to an aromatic ring is 1. The second kappa shape index (κ2) is 4.79. The largest absolute Gasteiger partial charge is 0.434 e. The van der Waals surface area contributed by atoms with Gasteiger partial charge in [-0.05, 0) is 42.7 Å². The molecule has 2 aliphatic rings. The number of aromatic nitrogens is 3. The minimum Gasteiger partial charge on any atom is -0.434 e. The predicted octanol–water partition coefficient (Wildman–Crippen LogP) is 1.54. The van der Waals surface area contributed by atoms with E-state index in [9.17, 15) is 0 Å². The van der Waals surface area contributed by atoms with Gasteiger partial charge < -0.3 is 20.4 Å². The van der Waals surface area contributed by atoms with Crippen molar-refractivity contribution >= 4 is 33.4 Å². The molecule has 0 spiro atoms. The van der Waals surface area contributed by atoms with Crippen LogP contribution in [0.15, 0.2) is 22.7 Å². The van der Waals surface area contributed by atoms with Crippen molar-refractivity contribution in [1.29, 1.82) is 0 Å². The maximum atomic E-state index is 6.15. The number of nitrogens with zero attached hydrogens (tertiary/aromatic N) is 4. The molecule has 0 radical (unpaired) electrons. The molecule has 2 atom stereocenters. The van der Waals surface area contributed by atoms with Crippen molar-refractivity contribution in [3.8, 4) is 0 Å². The quantitative estimate of drug-likeness (QED) is 0.658. The highest BCUT2D eigenvalue weighted by Crippen LogP contribution is 2.38. The lowest BCUT2D eigenvalue weighted by molar-refractivity contribution is 0.340. The molecule has 0 bridgehead atoms. The molecule has 2 aliphatic heterocycles. The highest BCUT2D eigenvalue weighted by Gasteiger charge is 2.35. The molecule has 118 valence electrons. The van der Waals surface area contributed by atoms with Crippen LogP contribution in [0, 0.1) is 5.92 Å². The van der Waals surface area contributed by atoms with E-state index in [-0.39, 0.29) is 0 Å². The van der Waals surface area contributed by atoms with E-state index in [2.05, 4.69) is 25.6 Å². The van der Waals surface area contributed by atoms with Crippen molar-refractivity contribution in [3.05, 3.63) is 18.3 Å². The van der Waals surface area contributed by atoms with E-state index in [4.69, 9.17) is 10.2 Å². The van der Waals surface area contributed by atoms with Crippen LogP contribution in [0.25, 0.3) is 22.1 Å². The van der Waals surface area contributed by atoms with Gasteiger partial charge in [0.15, 0.2) is 5.58 Å². The summed E-state index contributed by atoms with van der Waals surface area (Å²) in [5.41, 5.74) is 9.27. The number of piperidine rings is 1. The summed E-state index contributed by atoms with van der Waals surface area (Å²) in [7, 11) is 0. The number of nitrogens with two attached hydrogens (primary N) is 1. The predicted molar refractivity (Wildman–Crippen MR) is 88.2 cm³/mol. The van der Waals surface area contributed by atoms with Crippen LogP contribution in [0.4, 0.5) is 11.4 Å². The number of fused-ring (bicyclic) bond motifs is 4. The minimum absolute atomic E-state index is 0.511. The normalized spacial score (nSPS) is 24.4. The van der Waals surface area contributed by atoms with Gasteiger partial charge in [0.1, 0.15) is 0 Å². The number of rotatable bonds is 1. The summed E-state index contributed by atoms with van der Waals surface area (Å²) in [6, 6.07) is 4.49. The van der Waals surface area contributed by atoms with E-state index >= 15 is 0 Å². The number of nitrogens with one attached hydrogen (secondary N) is 1. The summed E-state index contributed by atoms with van der Waals surface area (Å²) in [6.45, 7) is 3.15. The molecule has 2 unspecified atom stereocenters. The van der Waals surface area contributed by atoms with Crippen LogP contribution in [-0.2, 0) is 0 Å². The maximum Gasteiger partial charge on any atom is 0.250 e. The topological polar surface area (TPSA) is 93.1 Å². The Morgan fingerprint density at radius 2 is 2.22 bits per heavy atom. The van der Waals surface area contributed by atoms with Crippen molar-refractivity contribution in [2.45, 2.75) is 18.9 Å². The van der Waals surface area contributed by atoms with Crippen molar-refractivity contribution in [2.75, 3.05) is 30.3 Å². The Kier molecular flexibility index (Phi) is 2.72. The van der Waals surface area contributed by atoms with E-state index in [0.29, 0.717) is 17.7 Å². The van der Waals surface area contributed by atoms with Gasteiger partial charge in [0.2, 0.25) is 5.71 Å². The van der Waals surface area contributed by atoms with Crippen LogP contribution in [0.3, 0.4) is 0 Å². The average Bonchev–Trinajstić information content (AvgIpc) is 3.15. The molecule has 7 heteroatoms. The van der Waals surface area contributed by atoms with Gasteiger partial charge in [-0.3, -0.25) is 0 Å². The van der Waals surface area contributed by atoms with Crippen LogP contribution < -0.4 is 16.0 Å². The van der Waals surface area contributed by atoms with Crippen LogP contribution in [-0.4, -0.2) is 41.1 Å². The molecule has 0 aliphatic carbocycles. The fraction of sp³-hybridized carbons (Fsp3) is 0.438. The average molecular weight is 310 g/mol. The van der Waals surface area contributed by atoms with Gasteiger partial charge in [0.05, 0.1) is 17.3 Å². The molecule has 5 rings (SSSR count). The first-order chi connectivity index (χ1) is 11.3. The van der Waals surface area contributed by atoms with E-state index in [0.717, 1.165) is 47.4 Å². The lowest BCUT2D eigenvalue weighted by atomic mass is 9.94. The van der Waals surface area contributed by atoms with E-state index in [1.54, 1.807) is 6.20 Å². The third kappa shape index (κ3) is 1.96. The molecule has 0 amide bonds. The standard InChI is InChI=1S/C16H18N6O/c17-10-4-11-12-6-19-21-20-16(12)23-15(11)14(5-10)22-7-9-2-1-3-18-13(9)8-22/h4-6,9,13,18H,1-3,7-8,17H2. The Morgan fingerprint density at radius 1 is 1.26 bits per heavy atom. The van der Waals surface area contributed by atoms with Crippen LogP contribution in [0.5, 0.6) is 0 Å². The Labute approximate surface area is 132 Å². The Morgan fingerprint density at radius 3 is 3.13 bits per heavy atom. The maximum absolute atomic E-state index is 6.15. The Hall–Kier alpha value is -2.41. The molecular formula is C16H18N6O. The van der Waals surface area contributed by atoms with E-state index < -0.39 is 0 Å². The zero-order valence-corrected chi connectivity index (χ0v) is 12.7. The first-order valence-electron chi connectivity index (χ1n) is 8.08. The van der Waals surface area contributed by atoms with Gasteiger partial charge in [-0.2, -0.15) is 0 Å². The molecule has 2 saturated heterocycles. The highest BCUT2D eigenvalue weighted by atomic mass is 16.3. The molecule has 2 fully saturated rings. The van der Waals surface area contributed by atoms with Crippen molar-refractivity contribution < 1.29 is 4.42 Å². The molecule has 1 aromatic carbocycles. The summed E-state index contributed by atoms with van der Waals surface area (Å²) in [6.07, 6.45) is 4.23. The van der Waals surface area contributed by atoms with Crippen molar-refractivity contribution in [1.82, 2.24) is 20.7 Å². The van der Waals surface area contributed by atoms with Gasteiger partial charge in [0, 0.05) is 30.2 Å². The van der Waals surface area contributed by atoms with E-state index in [1.165, 1.54) is 12.8 Å². The third-order valence-electron chi connectivity index (χ3n) is 5.12. The zero-order chi connectivity index (χ0) is 15.4. The van der Waals surface area contributed by atoms with Gasteiger partial charge in [-0.1, -0.05) is 5.10 Å². The Bertz CT molecular complexity index is 877. The molecule has 23 heavy (non-hydrogen) atoms. The summed E-state index contributed by atoms with van der Waals surface area (Å²) in [5.74, 6) is 0.700. The lowest BCUT2D eigenvalue weighted by Gasteiger charge is -2.24.